The molecule has 1 aliphatic heterocycles. The van der Waals surface area contributed by atoms with Gasteiger partial charge >= 0.3 is 5.97 Å². The Hall–Kier alpha value is -6.60. The molecule has 0 bridgehead atoms. The largest absolute Gasteiger partial charge is 0.505 e. The Morgan fingerprint density at radius 1 is 0.678 bits per heavy atom. The SMILES string of the molecule is Cc1cc(N=Nc2ccc(N=Nc3c(S(=O)(=O)O)cc4ccc(N)cc4c3O)c3cc(S(=O)(=O)O)ccc23)c(OC(=O)C2CO2)cc1N=Nc1cccc(S(=O)(=O)O)c1. The first kappa shape index (κ1) is 40.6. The van der Waals surface area contributed by atoms with Crippen molar-refractivity contribution >= 4 is 97.7 Å². The van der Waals surface area contributed by atoms with Crippen LogP contribution in [0.25, 0.3) is 21.5 Å². The van der Waals surface area contributed by atoms with E-state index < -0.39 is 68.6 Å². The molecule has 6 aromatic carbocycles. The van der Waals surface area contributed by atoms with Crippen LogP contribution in [-0.4, -0.2) is 62.7 Å². The molecule has 59 heavy (non-hydrogen) atoms. The standard InChI is InChI=1S/C36H27N7O13S3/c1-18-11-30(31(56-36(45)32-17-55-32)16-29(18)41-38-21-3-2-4-22(14-21)57(46,47)48)42-39-27-9-10-28(26-15-23(58(49,50)51)7-8-24(26)27)40-43-34-33(59(52,53)54)12-19-5-6-20(37)13-25(19)35(34)44/h2-16,32,44H,17,37H2,1H3,(H,46,47,48)(H,49,50,51)(H,52,53,54). The van der Waals surface area contributed by atoms with Gasteiger partial charge in [-0.25, -0.2) is 4.79 Å². The first-order valence-corrected chi connectivity index (χ1v) is 21.0. The maximum absolute atomic E-state index is 12.7. The fraction of sp³-hybridized carbons (Fsp3) is 0.0833. The molecule has 23 heteroatoms. The van der Waals surface area contributed by atoms with Crippen molar-refractivity contribution in [3.05, 3.63) is 96.6 Å². The molecule has 0 saturated carbocycles. The zero-order valence-electron chi connectivity index (χ0n) is 29.9. The summed E-state index contributed by atoms with van der Waals surface area (Å²) < 4.78 is 112. The minimum Gasteiger partial charge on any atom is -0.505 e. The first-order valence-electron chi connectivity index (χ1n) is 16.6. The summed E-state index contributed by atoms with van der Waals surface area (Å²) in [6, 6.07) is 19.2. The van der Waals surface area contributed by atoms with Crippen LogP contribution in [0.15, 0.2) is 136 Å². The van der Waals surface area contributed by atoms with Crippen molar-refractivity contribution in [2.24, 2.45) is 30.7 Å². The molecule has 6 aromatic rings. The number of hydrogen-bond acceptors (Lipinski definition) is 17. The molecular formula is C36H27N7O13S3. The molecule has 6 N–H and O–H groups in total. The number of benzene rings is 6. The van der Waals surface area contributed by atoms with E-state index in [1.807, 2.05) is 0 Å². The molecule has 0 aromatic heterocycles. The van der Waals surface area contributed by atoms with Crippen molar-refractivity contribution in [3.8, 4) is 11.5 Å². The van der Waals surface area contributed by atoms with Gasteiger partial charge in [0.2, 0.25) is 0 Å². The van der Waals surface area contributed by atoms with Crippen molar-refractivity contribution in [1.29, 1.82) is 0 Å². The van der Waals surface area contributed by atoms with Gasteiger partial charge in [-0.2, -0.15) is 35.5 Å². The second-order valence-corrected chi connectivity index (χ2v) is 17.0. The molecule has 0 aliphatic carbocycles. The van der Waals surface area contributed by atoms with E-state index >= 15 is 0 Å². The van der Waals surface area contributed by atoms with Gasteiger partial charge < -0.3 is 20.3 Å². The highest BCUT2D eigenvalue weighted by Crippen LogP contribution is 2.44. The maximum Gasteiger partial charge on any atom is 0.343 e. The number of nitrogens with two attached hydrogens (primary N) is 1. The van der Waals surface area contributed by atoms with Crippen LogP contribution >= 0.6 is 0 Å². The molecule has 302 valence electrons. The fourth-order valence-electron chi connectivity index (χ4n) is 5.60. The minimum atomic E-state index is -4.97. The number of esters is 1. The second-order valence-electron chi connectivity index (χ2n) is 12.7. The summed E-state index contributed by atoms with van der Waals surface area (Å²) in [5.74, 6) is -1.56. The summed E-state index contributed by atoms with van der Waals surface area (Å²) >= 11 is 0. The molecule has 1 heterocycles. The van der Waals surface area contributed by atoms with Crippen LogP contribution in [0.2, 0.25) is 0 Å². The predicted octanol–water partition coefficient (Wildman–Crippen LogP) is 7.88. The summed E-state index contributed by atoms with van der Waals surface area (Å²) in [7, 11) is -14.3. The van der Waals surface area contributed by atoms with Gasteiger partial charge in [0.25, 0.3) is 30.4 Å². The highest BCUT2D eigenvalue weighted by molar-refractivity contribution is 7.86. The number of carbonyl (C=O) groups is 1. The summed E-state index contributed by atoms with van der Waals surface area (Å²) in [5.41, 5.74) is 6.12. The first-order chi connectivity index (χ1) is 27.8. The monoisotopic (exact) mass is 861 g/mol. The number of phenols is 1. The van der Waals surface area contributed by atoms with Crippen LogP contribution in [0.1, 0.15) is 5.56 Å². The molecule has 0 amide bonds. The number of fused-ring (bicyclic) bond motifs is 2. The maximum atomic E-state index is 12.7. The van der Waals surface area contributed by atoms with E-state index in [-0.39, 0.29) is 68.0 Å². The van der Waals surface area contributed by atoms with E-state index in [9.17, 15) is 48.8 Å². The van der Waals surface area contributed by atoms with Crippen molar-refractivity contribution in [2.75, 3.05) is 12.3 Å². The summed E-state index contributed by atoms with van der Waals surface area (Å²) in [4.78, 5) is 10.9. The lowest BCUT2D eigenvalue weighted by molar-refractivity contribution is -0.135. The zero-order valence-corrected chi connectivity index (χ0v) is 32.3. The third kappa shape index (κ3) is 8.95. The van der Waals surface area contributed by atoms with Crippen molar-refractivity contribution in [1.82, 2.24) is 0 Å². The number of hydrogen-bond donors (Lipinski definition) is 5. The number of nitrogens with zero attached hydrogens (tertiary/aromatic N) is 6. The minimum absolute atomic E-state index is 0.000736. The predicted molar refractivity (Wildman–Crippen MR) is 209 cm³/mol. The van der Waals surface area contributed by atoms with Gasteiger partial charge in [-0.1, -0.05) is 18.2 Å². The van der Waals surface area contributed by atoms with Crippen molar-refractivity contribution < 1.29 is 58.3 Å². The lowest BCUT2D eigenvalue weighted by Crippen LogP contribution is -2.14. The Morgan fingerprint density at radius 3 is 2.00 bits per heavy atom. The summed E-state index contributed by atoms with van der Waals surface area (Å²) in [6.07, 6.45) is -0.819. The smallest absolute Gasteiger partial charge is 0.343 e. The molecule has 1 fully saturated rings. The van der Waals surface area contributed by atoms with Gasteiger partial charge in [-0.3, -0.25) is 13.7 Å². The molecule has 1 atom stereocenters. The van der Waals surface area contributed by atoms with Gasteiger partial charge in [0, 0.05) is 27.9 Å². The Kier molecular flexibility index (Phi) is 10.5. The van der Waals surface area contributed by atoms with Crippen LogP contribution in [0.4, 0.5) is 39.8 Å². The van der Waals surface area contributed by atoms with Gasteiger partial charge in [0.1, 0.15) is 16.3 Å². The summed E-state index contributed by atoms with van der Waals surface area (Å²) in [5, 5.41) is 36.3. The van der Waals surface area contributed by atoms with E-state index in [4.69, 9.17) is 15.2 Å². The Bertz CT molecular complexity index is 3190. The number of anilines is 1. The van der Waals surface area contributed by atoms with Crippen molar-refractivity contribution in [3.63, 3.8) is 0 Å². The molecule has 1 aliphatic rings. The van der Waals surface area contributed by atoms with E-state index in [1.54, 1.807) is 6.92 Å². The normalized spacial score (nSPS) is 14.9. The lowest BCUT2D eigenvalue weighted by Gasteiger charge is -2.10. The van der Waals surface area contributed by atoms with Crippen LogP contribution in [0.3, 0.4) is 0 Å². The average Bonchev–Trinajstić information content (AvgIpc) is 4.02. The Morgan fingerprint density at radius 2 is 1.32 bits per heavy atom. The number of phenolic OH excluding ortho intramolecular Hbond substituents is 1. The fourth-order valence-corrected chi connectivity index (χ4v) is 7.29. The van der Waals surface area contributed by atoms with E-state index in [0.29, 0.717) is 5.56 Å². The van der Waals surface area contributed by atoms with Gasteiger partial charge in [0.05, 0.1) is 39.1 Å². The number of aryl methyl sites for hydroxylation is 1. The quantitative estimate of drug-likeness (QED) is 0.0207. The van der Waals surface area contributed by atoms with Crippen LogP contribution in [0, 0.1) is 6.92 Å². The molecule has 1 saturated heterocycles. The topological polar surface area (TPSA) is 322 Å². The van der Waals surface area contributed by atoms with Gasteiger partial charge in [-0.15, -0.1) is 20.5 Å². The molecular weight excluding hydrogens is 835 g/mol. The Labute approximate surface area is 333 Å². The average molecular weight is 862 g/mol. The van der Waals surface area contributed by atoms with E-state index in [2.05, 4.69) is 30.7 Å². The van der Waals surface area contributed by atoms with Gasteiger partial charge in [0.15, 0.2) is 17.6 Å². The lowest BCUT2D eigenvalue weighted by atomic mass is 10.1. The third-order valence-electron chi connectivity index (χ3n) is 8.59. The number of carbonyl (C=O) groups excluding carboxylic acids is 1. The Balaban J connectivity index is 1.31. The number of aromatic hydroxyl groups is 1. The number of ether oxygens (including phenoxy) is 2. The number of rotatable bonds is 11. The number of azo groups is 3. The van der Waals surface area contributed by atoms with Crippen LogP contribution in [0.5, 0.6) is 11.5 Å². The zero-order chi connectivity index (χ0) is 42.4. The molecule has 0 radical (unpaired) electrons. The highest BCUT2D eigenvalue weighted by Gasteiger charge is 2.34. The van der Waals surface area contributed by atoms with E-state index in [0.717, 1.165) is 24.3 Å². The number of epoxide rings is 1. The third-order valence-corrected chi connectivity index (χ3v) is 11.2. The number of nitrogen functional groups attached to an aromatic ring is 1. The summed E-state index contributed by atoms with van der Waals surface area (Å²) in [6.45, 7) is 1.75. The molecule has 1 unspecified atom stereocenters. The molecule has 7 rings (SSSR count). The van der Waals surface area contributed by atoms with Crippen molar-refractivity contribution in [2.45, 2.75) is 27.7 Å². The highest BCUT2D eigenvalue weighted by atomic mass is 32.2. The molecule has 0 spiro atoms. The van der Waals surface area contributed by atoms with Gasteiger partial charge in [-0.05, 0) is 84.6 Å². The van der Waals surface area contributed by atoms with Crippen LogP contribution < -0.4 is 10.5 Å². The molecule has 20 nitrogen and oxygen atoms in total. The van der Waals surface area contributed by atoms with Crippen LogP contribution in [-0.2, 0) is 39.9 Å². The van der Waals surface area contributed by atoms with E-state index in [1.165, 1.54) is 66.7 Å². The second kappa shape index (κ2) is 15.3.